The van der Waals surface area contributed by atoms with Gasteiger partial charge >= 0.3 is 5.97 Å². The van der Waals surface area contributed by atoms with Crippen LogP contribution < -0.4 is 0 Å². The minimum atomic E-state index is -1.17. The highest BCUT2D eigenvalue weighted by Gasteiger charge is 2.27. The zero-order valence-electron chi connectivity index (χ0n) is 19.0. The van der Waals surface area contributed by atoms with E-state index in [1.54, 1.807) is 38.1 Å². The van der Waals surface area contributed by atoms with Gasteiger partial charge in [0.2, 0.25) is 0 Å². The number of hydrogen-bond acceptors (Lipinski definition) is 4. The van der Waals surface area contributed by atoms with Crippen LogP contribution in [0.4, 0.5) is 8.78 Å². The third-order valence-corrected chi connectivity index (χ3v) is 6.11. The molecule has 0 spiro atoms. The van der Waals surface area contributed by atoms with Crippen LogP contribution in [0.5, 0.6) is 0 Å². The Bertz CT molecular complexity index is 994. The van der Waals surface area contributed by atoms with Crippen molar-refractivity contribution < 1.29 is 28.5 Å². The molecule has 0 radical (unpaired) electrons. The molecule has 1 fully saturated rings. The smallest absolute Gasteiger partial charge is 0.328 e. The van der Waals surface area contributed by atoms with E-state index in [0.717, 1.165) is 37.4 Å². The molecule has 5 nitrogen and oxygen atoms in total. The van der Waals surface area contributed by atoms with Crippen LogP contribution in [-0.2, 0) is 16.0 Å². The summed E-state index contributed by atoms with van der Waals surface area (Å²) < 4.78 is 33.9. The second-order valence-electron chi connectivity index (χ2n) is 8.62. The summed E-state index contributed by atoms with van der Waals surface area (Å²) in [6.45, 7) is 4.83. The van der Waals surface area contributed by atoms with Crippen LogP contribution >= 0.6 is 0 Å². The van der Waals surface area contributed by atoms with E-state index in [0.29, 0.717) is 17.7 Å². The number of ether oxygens (including phenoxy) is 1. The number of halogens is 2. The largest absolute Gasteiger partial charge is 0.478 e. The number of benzene rings is 2. The fourth-order valence-corrected chi connectivity index (χ4v) is 4.31. The lowest BCUT2D eigenvalue weighted by Crippen LogP contribution is -2.39. The predicted octanol–water partition coefficient (Wildman–Crippen LogP) is 4.52. The van der Waals surface area contributed by atoms with Crippen molar-refractivity contribution in [2.45, 2.75) is 51.4 Å². The summed E-state index contributed by atoms with van der Waals surface area (Å²) in [5, 5.41) is 19.4. The number of aliphatic carboxylic acids is 1. The fourth-order valence-electron chi connectivity index (χ4n) is 4.31. The zero-order valence-corrected chi connectivity index (χ0v) is 19.0. The summed E-state index contributed by atoms with van der Waals surface area (Å²) in [7, 11) is 0. The Labute approximate surface area is 193 Å². The summed E-state index contributed by atoms with van der Waals surface area (Å²) in [6, 6.07) is 10.0. The molecule has 0 aromatic heterocycles. The van der Waals surface area contributed by atoms with Gasteiger partial charge in [-0.3, -0.25) is 4.90 Å². The van der Waals surface area contributed by atoms with E-state index in [2.05, 4.69) is 4.90 Å². The van der Waals surface area contributed by atoms with Crippen molar-refractivity contribution in [2.75, 3.05) is 19.7 Å². The molecule has 1 saturated heterocycles. The number of rotatable bonds is 10. The third-order valence-electron chi connectivity index (χ3n) is 6.11. The van der Waals surface area contributed by atoms with Crippen LogP contribution in [-0.4, -0.2) is 52.9 Å². The summed E-state index contributed by atoms with van der Waals surface area (Å²) in [5.74, 6) is -1.90. The lowest BCUT2D eigenvalue weighted by Gasteiger charge is -2.27. The highest BCUT2D eigenvalue weighted by Crippen LogP contribution is 2.26. The van der Waals surface area contributed by atoms with Crippen molar-refractivity contribution >= 4 is 12.0 Å². The molecule has 3 rings (SSSR count). The Morgan fingerprint density at radius 1 is 1.27 bits per heavy atom. The Hall–Kier alpha value is -2.61. The molecule has 2 N–H and O–H groups in total. The van der Waals surface area contributed by atoms with E-state index in [1.165, 1.54) is 12.1 Å². The monoisotopic (exact) mass is 459 g/mol. The molecule has 0 amide bonds. The Balaban J connectivity index is 1.56. The molecule has 1 aliphatic rings. The maximum atomic E-state index is 14.2. The molecule has 0 saturated carbocycles. The number of hydrogen-bond donors (Lipinski definition) is 2. The Morgan fingerprint density at radius 3 is 2.79 bits per heavy atom. The van der Waals surface area contributed by atoms with Crippen LogP contribution in [0.15, 0.2) is 42.5 Å². The van der Waals surface area contributed by atoms with E-state index in [1.807, 2.05) is 6.07 Å². The van der Waals surface area contributed by atoms with Gasteiger partial charge in [0, 0.05) is 24.2 Å². The first-order valence-corrected chi connectivity index (χ1v) is 11.2. The summed E-state index contributed by atoms with van der Waals surface area (Å²) in [5.41, 5.74) is 2.25. The molecular formula is C26H31F2NO4. The van der Waals surface area contributed by atoms with Crippen LogP contribution in [0, 0.1) is 18.6 Å². The number of nitrogens with zero attached hydrogens (tertiary/aromatic N) is 1. The van der Waals surface area contributed by atoms with Crippen LogP contribution in [0.3, 0.4) is 0 Å². The molecule has 7 heteroatoms. The van der Waals surface area contributed by atoms with Crippen molar-refractivity contribution in [1.82, 2.24) is 4.90 Å². The number of β-amino-alcohol motifs (C(OH)–C–C–N with tert-alkyl or cyclic N) is 1. The molecule has 0 unspecified atom stereocenters. The molecule has 2 aromatic rings. The van der Waals surface area contributed by atoms with Gasteiger partial charge in [0.05, 0.1) is 18.8 Å². The van der Waals surface area contributed by atoms with Gasteiger partial charge < -0.3 is 14.9 Å². The van der Waals surface area contributed by atoms with E-state index < -0.39 is 24.0 Å². The summed E-state index contributed by atoms with van der Waals surface area (Å²) in [4.78, 5) is 13.0. The summed E-state index contributed by atoms with van der Waals surface area (Å²) >= 11 is 0. The fraction of sp³-hybridized carbons (Fsp3) is 0.423. The number of carboxylic acid groups (broad SMARTS) is 1. The average Bonchev–Trinajstić information content (AvgIpc) is 3.19. The molecular weight excluding hydrogens is 428 g/mol. The summed E-state index contributed by atoms with van der Waals surface area (Å²) in [6.07, 6.45) is 3.56. The molecule has 1 heterocycles. The lowest BCUT2D eigenvalue weighted by molar-refractivity contribution is -0.131. The molecule has 3 atom stereocenters. The van der Waals surface area contributed by atoms with Crippen molar-refractivity contribution in [2.24, 2.45) is 0 Å². The minimum Gasteiger partial charge on any atom is -0.478 e. The first kappa shape index (κ1) is 25.0. The van der Waals surface area contributed by atoms with E-state index in [4.69, 9.17) is 9.84 Å². The molecule has 0 aliphatic carbocycles. The van der Waals surface area contributed by atoms with Gasteiger partial charge in [0.15, 0.2) is 0 Å². The van der Waals surface area contributed by atoms with Gasteiger partial charge in [0.25, 0.3) is 0 Å². The van der Waals surface area contributed by atoms with Gasteiger partial charge in [-0.05, 0) is 74.6 Å². The number of carboxylic acids is 1. The average molecular weight is 460 g/mol. The van der Waals surface area contributed by atoms with Crippen molar-refractivity contribution in [3.8, 4) is 0 Å². The molecule has 2 aromatic carbocycles. The number of aliphatic hydroxyl groups excluding tert-OH is 1. The van der Waals surface area contributed by atoms with Gasteiger partial charge in [0.1, 0.15) is 11.6 Å². The molecule has 1 aliphatic heterocycles. The van der Waals surface area contributed by atoms with Crippen LogP contribution in [0.1, 0.15) is 48.1 Å². The highest BCUT2D eigenvalue weighted by molar-refractivity contribution is 5.85. The van der Waals surface area contributed by atoms with Crippen molar-refractivity contribution in [3.05, 3.63) is 76.4 Å². The highest BCUT2D eigenvalue weighted by atomic mass is 19.1. The van der Waals surface area contributed by atoms with Gasteiger partial charge in [-0.15, -0.1) is 0 Å². The molecule has 0 bridgehead atoms. The topological polar surface area (TPSA) is 70.0 Å². The standard InChI is InChI=1S/C26H31F2NO4/c1-17-8-9-19(14-25(17)28)13-20-5-4-12-29(20)15-21(30)16-33-18(2)22-6-3-7-24(27)23(22)10-11-26(31)32/h3,6-11,14,18,20-21,30H,4-5,12-13,15-16H2,1-2H3,(H,31,32)/t18-,20+,21-/m1/s1. The quantitative estimate of drug-likeness (QED) is 0.512. The van der Waals surface area contributed by atoms with E-state index in [-0.39, 0.29) is 24.0 Å². The van der Waals surface area contributed by atoms with Crippen LogP contribution in [0.2, 0.25) is 0 Å². The van der Waals surface area contributed by atoms with Gasteiger partial charge in [-0.1, -0.05) is 24.3 Å². The number of aryl methyl sites for hydroxylation is 1. The first-order valence-electron chi connectivity index (χ1n) is 11.2. The third kappa shape index (κ3) is 6.93. The van der Waals surface area contributed by atoms with E-state index >= 15 is 0 Å². The van der Waals surface area contributed by atoms with Gasteiger partial charge in [-0.25, -0.2) is 13.6 Å². The normalized spacial score (nSPS) is 18.6. The predicted molar refractivity (Wildman–Crippen MR) is 123 cm³/mol. The van der Waals surface area contributed by atoms with Gasteiger partial charge in [-0.2, -0.15) is 0 Å². The second kappa shape index (κ2) is 11.5. The number of aliphatic hydroxyl groups is 1. The van der Waals surface area contributed by atoms with Crippen molar-refractivity contribution in [3.63, 3.8) is 0 Å². The second-order valence-corrected chi connectivity index (χ2v) is 8.62. The lowest BCUT2D eigenvalue weighted by atomic mass is 10.0. The van der Waals surface area contributed by atoms with Crippen LogP contribution in [0.25, 0.3) is 6.08 Å². The number of carbonyl (C=O) groups is 1. The molecule has 33 heavy (non-hydrogen) atoms. The maximum Gasteiger partial charge on any atom is 0.328 e. The molecule has 178 valence electrons. The first-order chi connectivity index (χ1) is 15.7. The Kier molecular flexibility index (Phi) is 8.72. The SMILES string of the molecule is Cc1ccc(C[C@@H]2CCCN2C[C@@H](O)CO[C@H](C)c2cccc(F)c2C=CC(=O)O)cc1F. The Morgan fingerprint density at radius 2 is 2.06 bits per heavy atom. The minimum absolute atomic E-state index is 0.0577. The number of likely N-dealkylation sites (tertiary alicyclic amines) is 1. The zero-order chi connectivity index (χ0) is 24.0. The van der Waals surface area contributed by atoms with Crippen molar-refractivity contribution in [1.29, 1.82) is 0 Å². The maximum absolute atomic E-state index is 14.2. The van der Waals surface area contributed by atoms with E-state index in [9.17, 15) is 18.7 Å².